The van der Waals surface area contributed by atoms with Gasteiger partial charge < -0.3 is 10.2 Å². The fourth-order valence-corrected chi connectivity index (χ4v) is 4.53. The van der Waals surface area contributed by atoms with Crippen LogP contribution in [-0.4, -0.2) is 5.71 Å². The lowest BCUT2D eigenvalue weighted by molar-refractivity contribution is 0.442. The lowest BCUT2D eigenvalue weighted by Crippen LogP contribution is -2.24. The molecule has 3 nitrogen and oxygen atoms in total. The smallest absolute Gasteiger partial charge is 0.0514 e. The van der Waals surface area contributed by atoms with Crippen LogP contribution < -0.4 is 10.2 Å². The van der Waals surface area contributed by atoms with Crippen molar-refractivity contribution in [2.45, 2.75) is 81.1 Å². The van der Waals surface area contributed by atoms with Crippen LogP contribution in [0.25, 0.3) is 0 Å². The summed E-state index contributed by atoms with van der Waals surface area (Å²) in [6.07, 6.45) is 23.3. The van der Waals surface area contributed by atoms with Crippen LogP contribution in [0.15, 0.2) is 145 Å². The van der Waals surface area contributed by atoms with Crippen molar-refractivity contribution < 1.29 is 0 Å². The van der Waals surface area contributed by atoms with E-state index < -0.39 is 0 Å². The molecule has 1 rings (SSSR count). The second-order valence-corrected chi connectivity index (χ2v) is 11.7. The minimum absolute atomic E-state index is 0.0809. The highest BCUT2D eigenvalue weighted by Crippen LogP contribution is 2.38. The Morgan fingerprint density at radius 1 is 1.02 bits per heavy atom. The Morgan fingerprint density at radius 2 is 1.72 bits per heavy atom. The molecular formula is C40H55N3. The molecule has 43 heavy (non-hydrogen) atoms. The minimum atomic E-state index is -0.0809. The molecule has 0 fully saturated rings. The number of hydrogen-bond acceptors (Lipinski definition) is 3. The number of nitrogens with zero attached hydrogens (tertiary/aromatic N) is 2. The molecule has 3 heteroatoms. The Kier molecular flexibility index (Phi) is 15.8. The largest absolute Gasteiger partial charge is 0.368 e. The summed E-state index contributed by atoms with van der Waals surface area (Å²) in [6.45, 7) is 35.6. The standard InChI is InChI=1S/C40H55N3/c1-14-20-23-36(18-5)43(39(22-16-3)38(29-41-19-6)34(17-4)21-15-2)37-25-33(24-35(26-37)30(7)8)27-40(12,13)32(11)28-42-31(9)10/h14-15,17-26,28-30,41H,2,4-6,16,27H2,1,3,7-13H3/b20-14-,32-28+,34-21+,36-23+,38-29-,39-22-. The molecule has 0 aliphatic carbocycles. The molecule has 0 heterocycles. The maximum Gasteiger partial charge on any atom is 0.0514 e. The summed E-state index contributed by atoms with van der Waals surface area (Å²) in [6, 6.07) is 6.97. The number of hydrogen-bond donors (Lipinski definition) is 1. The number of benzene rings is 1. The third-order valence-electron chi connectivity index (χ3n) is 7.17. The van der Waals surface area contributed by atoms with Crippen LogP contribution in [0.1, 0.15) is 85.8 Å². The van der Waals surface area contributed by atoms with Gasteiger partial charge in [-0.15, -0.1) is 0 Å². The fourth-order valence-electron chi connectivity index (χ4n) is 4.53. The van der Waals surface area contributed by atoms with Crippen molar-refractivity contribution in [3.05, 3.63) is 151 Å². The van der Waals surface area contributed by atoms with Gasteiger partial charge in [-0.25, -0.2) is 0 Å². The second-order valence-electron chi connectivity index (χ2n) is 11.7. The number of anilines is 1. The van der Waals surface area contributed by atoms with Gasteiger partial charge in [0.25, 0.3) is 0 Å². The topological polar surface area (TPSA) is 27.6 Å². The molecule has 1 aromatic rings. The van der Waals surface area contributed by atoms with E-state index in [-0.39, 0.29) is 5.41 Å². The maximum atomic E-state index is 4.59. The number of rotatable bonds is 17. The van der Waals surface area contributed by atoms with E-state index in [1.165, 1.54) is 16.7 Å². The molecule has 0 saturated heterocycles. The van der Waals surface area contributed by atoms with E-state index in [1.54, 1.807) is 12.3 Å². The molecule has 0 bridgehead atoms. The quantitative estimate of drug-likeness (QED) is 0.147. The van der Waals surface area contributed by atoms with Gasteiger partial charge in [0.1, 0.15) is 0 Å². The molecule has 0 aromatic heterocycles. The Bertz CT molecular complexity index is 1350. The fraction of sp³-hybridized carbons (Fsp3) is 0.325. The summed E-state index contributed by atoms with van der Waals surface area (Å²) in [5.41, 5.74) is 9.72. The minimum Gasteiger partial charge on any atom is -0.368 e. The molecule has 0 unspecified atom stereocenters. The lowest BCUT2D eigenvalue weighted by Gasteiger charge is -2.33. The van der Waals surface area contributed by atoms with E-state index in [4.69, 9.17) is 0 Å². The zero-order valence-electron chi connectivity index (χ0n) is 28.3. The van der Waals surface area contributed by atoms with Crippen LogP contribution in [0.3, 0.4) is 0 Å². The molecule has 0 atom stereocenters. The van der Waals surface area contributed by atoms with Gasteiger partial charge in [-0.3, -0.25) is 4.99 Å². The van der Waals surface area contributed by atoms with Crippen LogP contribution >= 0.6 is 0 Å². The Hall–Kier alpha value is -4.11. The monoisotopic (exact) mass is 577 g/mol. The maximum absolute atomic E-state index is 4.59. The van der Waals surface area contributed by atoms with Gasteiger partial charge in [-0.05, 0) is 105 Å². The first kappa shape index (κ1) is 36.9. The Labute approximate surface area is 263 Å². The molecule has 0 saturated carbocycles. The first-order chi connectivity index (χ1) is 20.4. The van der Waals surface area contributed by atoms with Gasteiger partial charge in [0.05, 0.1) is 5.70 Å². The summed E-state index contributed by atoms with van der Waals surface area (Å²) in [5.74, 6) is 0.347. The van der Waals surface area contributed by atoms with Gasteiger partial charge in [-0.2, -0.15) is 0 Å². The van der Waals surface area contributed by atoms with E-state index in [1.807, 2.05) is 63.6 Å². The third kappa shape index (κ3) is 11.2. The first-order valence-electron chi connectivity index (χ1n) is 15.2. The first-order valence-corrected chi connectivity index (χ1v) is 15.2. The molecule has 230 valence electrons. The Balaban J connectivity index is 4.19. The van der Waals surface area contributed by atoms with Crippen molar-refractivity contribution in [1.82, 2.24) is 5.32 Å². The average Bonchev–Trinajstić information content (AvgIpc) is 2.96. The molecule has 1 aromatic carbocycles. The summed E-state index contributed by atoms with van der Waals surface area (Å²) in [4.78, 5) is 6.88. The van der Waals surface area contributed by atoms with Crippen LogP contribution in [0.2, 0.25) is 0 Å². The average molecular weight is 578 g/mol. The molecule has 1 N–H and O–H groups in total. The molecule has 0 radical (unpaired) electrons. The SMILES string of the molecule is C=C/C=C(C=C)/C(=C/NC=C)C(=C/CC)/N(/C(C=C)=C/C=C\C)c1cc(CC(C)(C)/C(C)=C/N=C(C)C)cc(C(C)C)c1. The van der Waals surface area contributed by atoms with Gasteiger partial charge in [0.15, 0.2) is 0 Å². The summed E-state index contributed by atoms with van der Waals surface area (Å²) in [7, 11) is 0. The second kappa shape index (κ2) is 18.4. The van der Waals surface area contributed by atoms with Crippen LogP contribution in [0, 0.1) is 5.41 Å². The Morgan fingerprint density at radius 3 is 2.23 bits per heavy atom. The molecule has 0 spiro atoms. The summed E-state index contributed by atoms with van der Waals surface area (Å²) in [5, 5.41) is 3.21. The van der Waals surface area contributed by atoms with Gasteiger partial charge in [0, 0.05) is 35.1 Å². The zero-order chi connectivity index (χ0) is 32.6. The molecular weight excluding hydrogens is 522 g/mol. The molecule has 0 aliphatic heterocycles. The highest BCUT2D eigenvalue weighted by Gasteiger charge is 2.25. The van der Waals surface area contributed by atoms with E-state index in [9.17, 15) is 0 Å². The predicted molar refractivity (Wildman–Crippen MR) is 194 cm³/mol. The molecule has 0 aliphatic rings. The summed E-state index contributed by atoms with van der Waals surface area (Å²) >= 11 is 0. The molecule has 0 amide bonds. The van der Waals surface area contributed by atoms with Crippen molar-refractivity contribution in [1.29, 1.82) is 0 Å². The zero-order valence-corrected chi connectivity index (χ0v) is 28.3. The van der Waals surface area contributed by atoms with E-state index in [2.05, 4.69) is 113 Å². The van der Waals surface area contributed by atoms with E-state index in [0.717, 1.165) is 46.8 Å². The van der Waals surface area contributed by atoms with Crippen molar-refractivity contribution in [2.24, 2.45) is 10.4 Å². The van der Waals surface area contributed by atoms with E-state index in [0.29, 0.717) is 5.92 Å². The third-order valence-corrected chi connectivity index (χ3v) is 7.17. The normalized spacial score (nSPS) is 13.7. The number of aliphatic imine (C=N–C) groups is 1. The van der Waals surface area contributed by atoms with Gasteiger partial charge in [-0.1, -0.05) is 103 Å². The lowest BCUT2D eigenvalue weighted by atomic mass is 9.79. The van der Waals surface area contributed by atoms with Crippen LogP contribution in [-0.2, 0) is 6.42 Å². The van der Waals surface area contributed by atoms with Gasteiger partial charge in [0.2, 0.25) is 0 Å². The number of nitrogens with one attached hydrogen (secondary N) is 1. The highest BCUT2D eigenvalue weighted by atomic mass is 15.2. The predicted octanol–water partition coefficient (Wildman–Crippen LogP) is 11.4. The van der Waals surface area contributed by atoms with E-state index >= 15 is 0 Å². The van der Waals surface area contributed by atoms with Crippen LogP contribution in [0.4, 0.5) is 5.69 Å². The summed E-state index contributed by atoms with van der Waals surface area (Å²) < 4.78 is 0. The number of allylic oxidation sites excluding steroid dienone is 10. The van der Waals surface area contributed by atoms with Crippen molar-refractivity contribution in [3.8, 4) is 0 Å². The van der Waals surface area contributed by atoms with Crippen molar-refractivity contribution >= 4 is 11.4 Å². The van der Waals surface area contributed by atoms with Gasteiger partial charge >= 0.3 is 0 Å². The highest BCUT2D eigenvalue weighted by molar-refractivity contribution is 5.79. The van der Waals surface area contributed by atoms with Crippen molar-refractivity contribution in [3.63, 3.8) is 0 Å². The van der Waals surface area contributed by atoms with Crippen LogP contribution in [0.5, 0.6) is 0 Å². The van der Waals surface area contributed by atoms with Crippen molar-refractivity contribution in [2.75, 3.05) is 4.90 Å².